The number of nitrogens with one attached hydrogen (secondary N) is 3. The van der Waals surface area contributed by atoms with Crippen molar-refractivity contribution in [2.45, 2.75) is 33.7 Å². The number of rotatable bonds is 10. The minimum Gasteiger partial charge on any atom is -0.357 e. The van der Waals surface area contributed by atoms with Crippen LogP contribution >= 0.6 is 0 Å². The van der Waals surface area contributed by atoms with Crippen LogP contribution in [0.3, 0.4) is 0 Å². The van der Waals surface area contributed by atoms with Crippen molar-refractivity contribution < 1.29 is 8.42 Å². The average Bonchev–Trinajstić information content (AvgIpc) is 2.97. The summed E-state index contributed by atoms with van der Waals surface area (Å²) >= 11 is 0. The fourth-order valence-corrected chi connectivity index (χ4v) is 3.35. The van der Waals surface area contributed by atoms with Gasteiger partial charge >= 0.3 is 0 Å². The summed E-state index contributed by atoms with van der Waals surface area (Å²) in [6.45, 7) is 8.72. The third-order valence-electron chi connectivity index (χ3n) is 4.12. The van der Waals surface area contributed by atoms with Gasteiger partial charge in [0, 0.05) is 32.7 Å². The fraction of sp³-hybridized carbons (Fsp3) is 0.556. The number of nitrogens with zero attached hydrogens (tertiary/aromatic N) is 3. The van der Waals surface area contributed by atoms with Gasteiger partial charge in [-0.1, -0.05) is 12.1 Å². The number of guanidine groups is 1. The van der Waals surface area contributed by atoms with Crippen LogP contribution in [0.25, 0.3) is 11.0 Å². The van der Waals surface area contributed by atoms with E-state index in [1.165, 1.54) is 0 Å². The largest absolute Gasteiger partial charge is 0.357 e. The maximum atomic E-state index is 11.4. The Labute approximate surface area is 161 Å². The third kappa shape index (κ3) is 6.51. The lowest BCUT2D eigenvalue weighted by molar-refractivity contribution is 0.581. The molecule has 0 aliphatic carbocycles. The highest BCUT2D eigenvalue weighted by Crippen LogP contribution is 2.15. The van der Waals surface area contributed by atoms with E-state index in [9.17, 15) is 8.42 Å². The molecule has 0 aliphatic heterocycles. The van der Waals surface area contributed by atoms with Gasteiger partial charge in [-0.05, 0) is 39.3 Å². The lowest BCUT2D eigenvalue weighted by Crippen LogP contribution is -2.41. The minimum absolute atomic E-state index is 0.0868. The molecule has 27 heavy (non-hydrogen) atoms. The summed E-state index contributed by atoms with van der Waals surface area (Å²) in [4.78, 5) is 9.14. The summed E-state index contributed by atoms with van der Waals surface area (Å²) in [6.07, 6.45) is 0.889. The molecular weight excluding hydrogens is 364 g/mol. The van der Waals surface area contributed by atoms with E-state index in [1.54, 1.807) is 6.92 Å². The summed E-state index contributed by atoms with van der Waals surface area (Å²) < 4.78 is 27.6. The molecule has 1 aromatic carbocycles. The number of aromatic nitrogens is 2. The van der Waals surface area contributed by atoms with Gasteiger partial charge in [-0.15, -0.1) is 0 Å². The molecule has 0 fully saturated rings. The Hall–Kier alpha value is -2.13. The summed E-state index contributed by atoms with van der Waals surface area (Å²) in [7, 11) is -3.16. The molecule has 3 N–H and O–H groups in total. The van der Waals surface area contributed by atoms with Crippen LogP contribution in [-0.2, 0) is 16.6 Å². The summed E-state index contributed by atoms with van der Waals surface area (Å²) in [5.41, 5.74) is 2.16. The molecule has 0 spiro atoms. The molecule has 0 unspecified atom stereocenters. The van der Waals surface area contributed by atoms with E-state index in [1.807, 2.05) is 32.0 Å². The number of aliphatic imine (C=N–C) groups is 1. The van der Waals surface area contributed by atoms with E-state index in [2.05, 4.69) is 36.0 Å². The second kappa shape index (κ2) is 10.3. The molecule has 2 aromatic rings. The van der Waals surface area contributed by atoms with Gasteiger partial charge in [0.05, 0.1) is 16.8 Å². The number of benzene rings is 1. The molecule has 2 rings (SSSR count). The summed E-state index contributed by atoms with van der Waals surface area (Å²) in [5.74, 6) is 1.79. The lowest BCUT2D eigenvalue weighted by Gasteiger charge is -2.12. The Morgan fingerprint density at radius 3 is 2.70 bits per heavy atom. The molecule has 0 saturated carbocycles. The Balaban J connectivity index is 1.83. The molecule has 8 nitrogen and oxygen atoms in total. The number of sulfonamides is 1. The molecule has 0 radical (unpaired) electrons. The van der Waals surface area contributed by atoms with Crippen molar-refractivity contribution in [2.24, 2.45) is 4.99 Å². The first-order valence-corrected chi connectivity index (χ1v) is 11.0. The second-order valence-corrected chi connectivity index (χ2v) is 8.23. The molecule has 1 heterocycles. The van der Waals surface area contributed by atoms with Gasteiger partial charge in [0.25, 0.3) is 0 Å². The van der Waals surface area contributed by atoms with Crippen molar-refractivity contribution in [3.05, 3.63) is 30.1 Å². The Morgan fingerprint density at radius 1 is 1.19 bits per heavy atom. The highest BCUT2D eigenvalue weighted by molar-refractivity contribution is 7.89. The number of imidazole rings is 1. The first-order valence-electron chi connectivity index (χ1n) is 9.38. The molecule has 1 aromatic heterocycles. The monoisotopic (exact) mass is 394 g/mol. The zero-order valence-electron chi connectivity index (χ0n) is 16.3. The molecular formula is C18H30N6O2S. The van der Waals surface area contributed by atoms with Crippen LogP contribution in [0.5, 0.6) is 0 Å². The van der Waals surface area contributed by atoms with Crippen molar-refractivity contribution in [2.75, 3.05) is 31.9 Å². The van der Waals surface area contributed by atoms with E-state index < -0.39 is 10.0 Å². The summed E-state index contributed by atoms with van der Waals surface area (Å²) in [6, 6.07) is 8.13. The van der Waals surface area contributed by atoms with Gasteiger partial charge in [0.2, 0.25) is 10.0 Å². The zero-order valence-corrected chi connectivity index (χ0v) is 17.1. The highest BCUT2D eigenvalue weighted by Gasteiger charge is 2.07. The normalized spacial score (nSPS) is 12.5. The molecule has 0 aliphatic rings. The van der Waals surface area contributed by atoms with E-state index in [0.717, 1.165) is 36.4 Å². The van der Waals surface area contributed by atoms with E-state index in [0.29, 0.717) is 25.6 Å². The van der Waals surface area contributed by atoms with Crippen LogP contribution in [0.1, 0.15) is 26.1 Å². The van der Waals surface area contributed by atoms with Crippen LogP contribution in [0.4, 0.5) is 0 Å². The smallest absolute Gasteiger partial charge is 0.211 e. The predicted octanol–water partition coefficient (Wildman–Crippen LogP) is 1.23. The molecule has 0 bridgehead atoms. The van der Waals surface area contributed by atoms with E-state index >= 15 is 0 Å². The Kier molecular flexibility index (Phi) is 8.05. The standard InChI is InChI=1S/C18H30N6O2S/c1-4-19-18(21-12-13-22-27(25,26)5-2)20-11-8-14-24-15(3)23-16-9-6-7-10-17(16)24/h6-7,9-10,22H,4-5,8,11-14H2,1-3H3,(H2,19,20,21). The second-order valence-electron chi connectivity index (χ2n) is 6.14. The first-order chi connectivity index (χ1) is 13.0. The van der Waals surface area contributed by atoms with Crippen molar-refractivity contribution in [1.82, 2.24) is 24.9 Å². The molecule has 9 heteroatoms. The van der Waals surface area contributed by atoms with Gasteiger partial charge in [-0.2, -0.15) is 0 Å². The van der Waals surface area contributed by atoms with Crippen LogP contribution in [0, 0.1) is 6.92 Å². The van der Waals surface area contributed by atoms with Crippen LogP contribution in [-0.4, -0.2) is 55.9 Å². The predicted molar refractivity (Wildman–Crippen MR) is 111 cm³/mol. The fourth-order valence-electron chi connectivity index (χ4n) is 2.73. The first kappa shape index (κ1) is 21.2. The molecule has 150 valence electrons. The van der Waals surface area contributed by atoms with Crippen molar-refractivity contribution >= 4 is 27.0 Å². The van der Waals surface area contributed by atoms with Gasteiger partial charge in [-0.25, -0.2) is 18.1 Å². The topological polar surface area (TPSA) is 100 Å². The number of aryl methyl sites for hydroxylation is 2. The third-order valence-corrected chi connectivity index (χ3v) is 5.52. The Bertz CT molecular complexity index is 860. The van der Waals surface area contributed by atoms with E-state index in [-0.39, 0.29) is 5.75 Å². The summed E-state index contributed by atoms with van der Waals surface area (Å²) in [5, 5.41) is 6.32. The SMILES string of the molecule is CCNC(=NCCCn1c(C)nc2ccccc21)NCCNS(=O)(=O)CC. The van der Waals surface area contributed by atoms with Gasteiger partial charge in [0.15, 0.2) is 5.96 Å². The molecule has 0 saturated heterocycles. The van der Waals surface area contributed by atoms with Crippen LogP contribution in [0.15, 0.2) is 29.3 Å². The van der Waals surface area contributed by atoms with Crippen LogP contribution in [0.2, 0.25) is 0 Å². The zero-order chi connectivity index (χ0) is 19.7. The van der Waals surface area contributed by atoms with Crippen molar-refractivity contribution in [3.8, 4) is 0 Å². The van der Waals surface area contributed by atoms with E-state index in [4.69, 9.17) is 0 Å². The maximum absolute atomic E-state index is 11.4. The number of para-hydroxylation sites is 2. The number of hydrogen-bond acceptors (Lipinski definition) is 4. The van der Waals surface area contributed by atoms with Gasteiger partial charge < -0.3 is 15.2 Å². The number of fused-ring (bicyclic) bond motifs is 1. The minimum atomic E-state index is -3.16. The molecule has 0 atom stereocenters. The van der Waals surface area contributed by atoms with Gasteiger partial charge in [-0.3, -0.25) is 4.99 Å². The Morgan fingerprint density at radius 2 is 1.96 bits per heavy atom. The lowest BCUT2D eigenvalue weighted by atomic mass is 10.3. The number of hydrogen-bond donors (Lipinski definition) is 3. The van der Waals surface area contributed by atoms with Crippen molar-refractivity contribution in [1.29, 1.82) is 0 Å². The maximum Gasteiger partial charge on any atom is 0.211 e. The highest BCUT2D eigenvalue weighted by atomic mass is 32.2. The molecule has 0 amide bonds. The van der Waals surface area contributed by atoms with Crippen LogP contribution < -0.4 is 15.4 Å². The quantitative estimate of drug-likeness (QED) is 0.320. The van der Waals surface area contributed by atoms with Gasteiger partial charge in [0.1, 0.15) is 5.82 Å². The average molecular weight is 395 g/mol. The van der Waals surface area contributed by atoms with Crippen molar-refractivity contribution in [3.63, 3.8) is 0 Å².